The van der Waals surface area contributed by atoms with Crippen LogP contribution in [-0.2, 0) is 0 Å². The van der Waals surface area contributed by atoms with E-state index >= 15 is 0 Å². The largest absolute Gasteiger partial charge is 0.212 e. The lowest BCUT2D eigenvalue weighted by Gasteiger charge is -2.41. The SMILES string of the molecule is CC1=CC(C)([C@@]2(C)C=[N+](c3c(C(C)C)cccc3C(C)C)C(C)(C)C2)CC(C)=C1. The number of benzene rings is 1. The molecule has 158 valence electrons. The topological polar surface area (TPSA) is 3.01 Å². The molecule has 1 aliphatic heterocycles. The van der Waals surface area contributed by atoms with Crippen molar-refractivity contribution in [3.63, 3.8) is 0 Å². The normalized spacial score (nSPS) is 29.2. The van der Waals surface area contributed by atoms with Crippen molar-refractivity contribution in [3.05, 3.63) is 52.6 Å². The van der Waals surface area contributed by atoms with Gasteiger partial charge in [0.2, 0.25) is 5.69 Å². The second kappa shape index (κ2) is 7.25. The van der Waals surface area contributed by atoms with Crippen molar-refractivity contribution in [1.29, 1.82) is 0 Å². The molecule has 0 saturated heterocycles. The van der Waals surface area contributed by atoms with Crippen molar-refractivity contribution in [1.82, 2.24) is 0 Å². The summed E-state index contributed by atoms with van der Waals surface area (Å²) in [6.45, 7) is 23.7. The lowest BCUT2D eigenvalue weighted by Crippen LogP contribution is -2.39. The molecule has 0 saturated carbocycles. The van der Waals surface area contributed by atoms with Gasteiger partial charge in [0, 0.05) is 36.8 Å². The highest BCUT2D eigenvalue weighted by molar-refractivity contribution is 5.69. The van der Waals surface area contributed by atoms with Gasteiger partial charge in [0.25, 0.3) is 0 Å². The van der Waals surface area contributed by atoms with Crippen molar-refractivity contribution >= 4 is 11.9 Å². The molecule has 0 amide bonds. The Morgan fingerprint density at radius 2 is 1.41 bits per heavy atom. The van der Waals surface area contributed by atoms with Crippen LogP contribution in [0.25, 0.3) is 0 Å². The van der Waals surface area contributed by atoms with E-state index in [1.54, 1.807) is 0 Å². The maximum atomic E-state index is 2.65. The van der Waals surface area contributed by atoms with Gasteiger partial charge in [-0.05, 0) is 39.0 Å². The molecule has 3 rings (SSSR count). The van der Waals surface area contributed by atoms with Gasteiger partial charge in [-0.2, -0.15) is 4.58 Å². The molecular formula is C28H42N+. The van der Waals surface area contributed by atoms with Crippen LogP contribution in [0, 0.1) is 10.8 Å². The van der Waals surface area contributed by atoms with Crippen LogP contribution >= 0.6 is 0 Å². The molecule has 0 radical (unpaired) electrons. The van der Waals surface area contributed by atoms with E-state index in [9.17, 15) is 0 Å². The Labute approximate surface area is 179 Å². The summed E-state index contributed by atoms with van der Waals surface area (Å²) < 4.78 is 2.65. The van der Waals surface area contributed by atoms with Crippen molar-refractivity contribution in [3.8, 4) is 0 Å². The summed E-state index contributed by atoms with van der Waals surface area (Å²) in [6, 6.07) is 6.93. The highest BCUT2D eigenvalue weighted by Gasteiger charge is 2.57. The zero-order valence-electron chi connectivity index (χ0n) is 20.5. The van der Waals surface area contributed by atoms with Crippen LogP contribution in [0.4, 0.5) is 5.69 Å². The molecule has 0 bridgehead atoms. The Kier molecular flexibility index (Phi) is 5.52. The first-order valence-corrected chi connectivity index (χ1v) is 11.4. The van der Waals surface area contributed by atoms with Crippen molar-refractivity contribution in [2.75, 3.05) is 0 Å². The smallest absolute Gasteiger partial charge is 0.197 e. The fourth-order valence-corrected chi connectivity index (χ4v) is 5.98. The predicted octanol–water partition coefficient (Wildman–Crippen LogP) is 8.14. The van der Waals surface area contributed by atoms with E-state index in [0.29, 0.717) is 11.8 Å². The standard InChI is InChI=1S/C28H42N/c1-19(2)23-12-11-13-24(20(3)4)25(23)29-18-28(10,17-26(29,7)8)27(9)15-21(5)14-22(6)16-27/h11-15,18-20H,16-17H2,1-10H3/q+1/t27?,28-/m1/s1. The van der Waals surface area contributed by atoms with E-state index in [1.807, 2.05) is 0 Å². The van der Waals surface area contributed by atoms with Crippen molar-refractivity contribution < 1.29 is 4.58 Å². The molecular weight excluding hydrogens is 350 g/mol. The van der Waals surface area contributed by atoms with Gasteiger partial charge in [-0.25, -0.2) is 0 Å². The van der Waals surface area contributed by atoms with Crippen LogP contribution in [-0.4, -0.2) is 16.3 Å². The molecule has 0 spiro atoms. The van der Waals surface area contributed by atoms with E-state index in [4.69, 9.17) is 0 Å². The third-order valence-corrected chi connectivity index (χ3v) is 7.42. The second-order valence-corrected chi connectivity index (χ2v) is 11.5. The Bertz CT molecular complexity index is 867. The lowest BCUT2D eigenvalue weighted by molar-refractivity contribution is -0.513. The lowest BCUT2D eigenvalue weighted by atomic mass is 9.59. The molecule has 29 heavy (non-hydrogen) atoms. The highest BCUT2D eigenvalue weighted by Crippen LogP contribution is 2.55. The molecule has 1 aliphatic carbocycles. The van der Waals surface area contributed by atoms with E-state index in [0.717, 1.165) is 12.8 Å². The van der Waals surface area contributed by atoms with Crippen LogP contribution in [0.1, 0.15) is 105 Å². The summed E-state index contributed by atoms with van der Waals surface area (Å²) in [6.07, 6.45) is 9.80. The molecule has 0 fully saturated rings. The minimum atomic E-state index is 0.0865. The number of hydrogen-bond acceptors (Lipinski definition) is 0. The molecule has 2 aliphatic rings. The van der Waals surface area contributed by atoms with Crippen LogP contribution in [0.2, 0.25) is 0 Å². The van der Waals surface area contributed by atoms with Gasteiger partial charge in [0.05, 0.1) is 5.41 Å². The van der Waals surface area contributed by atoms with Crippen LogP contribution in [0.5, 0.6) is 0 Å². The van der Waals surface area contributed by atoms with E-state index < -0.39 is 0 Å². The summed E-state index contributed by atoms with van der Waals surface area (Å²) in [5, 5.41) is 0. The van der Waals surface area contributed by atoms with Crippen LogP contribution < -0.4 is 0 Å². The summed E-state index contributed by atoms with van der Waals surface area (Å²) in [5.41, 5.74) is 7.67. The van der Waals surface area contributed by atoms with Crippen molar-refractivity contribution in [2.24, 2.45) is 10.8 Å². The zero-order chi connectivity index (χ0) is 21.8. The van der Waals surface area contributed by atoms with Gasteiger partial charge in [0.1, 0.15) is 0 Å². The molecule has 1 heterocycles. The van der Waals surface area contributed by atoms with Gasteiger partial charge in [-0.15, -0.1) is 0 Å². The number of rotatable bonds is 4. The molecule has 1 heteroatoms. The Hall–Kier alpha value is -1.63. The average Bonchev–Trinajstić information content (AvgIpc) is 2.83. The summed E-state index contributed by atoms with van der Waals surface area (Å²) in [7, 11) is 0. The fraction of sp³-hybridized carbons (Fsp3) is 0.607. The maximum absolute atomic E-state index is 2.65. The molecule has 1 nitrogen and oxygen atoms in total. The first kappa shape index (κ1) is 22.1. The van der Waals surface area contributed by atoms with E-state index in [1.165, 1.54) is 28.0 Å². The monoisotopic (exact) mass is 392 g/mol. The average molecular weight is 393 g/mol. The second-order valence-electron chi connectivity index (χ2n) is 11.5. The minimum Gasteiger partial charge on any atom is -0.197 e. The number of para-hydroxylation sites is 1. The van der Waals surface area contributed by atoms with Crippen LogP contribution in [0.3, 0.4) is 0 Å². The molecule has 0 N–H and O–H groups in total. The Morgan fingerprint density at radius 3 is 1.90 bits per heavy atom. The number of allylic oxidation sites excluding steroid dienone is 4. The predicted molar refractivity (Wildman–Crippen MR) is 128 cm³/mol. The van der Waals surface area contributed by atoms with Gasteiger partial charge in [-0.3, -0.25) is 0 Å². The number of hydrogen-bond donors (Lipinski definition) is 0. The van der Waals surface area contributed by atoms with Crippen molar-refractivity contribution in [2.45, 2.75) is 99.5 Å². The molecule has 1 aromatic carbocycles. The van der Waals surface area contributed by atoms with Gasteiger partial charge in [-0.1, -0.05) is 76.1 Å². The van der Waals surface area contributed by atoms with Gasteiger partial charge >= 0.3 is 0 Å². The maximum Gasteiger partial charge on any atom is 0.212 e. The van der Waals surface area contributed by atoms with E-state index in [-0.39, 0.29) is 16.4 Å². The fourth-order valence-electron chi connectivity index (χ4n) is 5.98. The third-order valence-electron chi connectivity index (χ3n) is 7.42. The quantitative estimate of drug-likeness (QED) is 0.455. The number of nitrogens with zero attached hydrogens (tertiary/aromatic N) is 1. The van der Waals surface area contributed by atoms with Gasteiger partial charge < -0.3 is 0 Å². The zero-order valence-corrected chi connectivity index (χ0v) is 20.5. The Balaban J connectivity index is 2.23. The Morgan fingerprint density at radius 1 is 0.862 bits per heavy atom. The highest BCUT2D eigenvalue weighted by atomic mass is 15.1. The van der Waals surface area contributed by atoms with E-state index in [2.05, 4.69) is 110 Å². The van der Waals surface area contributed by atoms with Gasteiger partial charge in [0.15, 0.2) is 11.8 Å². The van der Waals surface area contributed by atoms with Crippen LogP contribution in [0.15, 0.2) is 41.5 Å². The molecule has 1 unspecified atom stereocenters. The minimum absolute atomic E-state index is 0.0865. The molecule has 2 atom stereocenters. The summed E-state index contributed by atoms with van der Waals surface area (Å²) in [5.74, 6) is 1.02. The first-order chi connectivity index (χ1) is 13.3. The third kappa shape index (κ3) is 3.78. The summed E-state index contributed by atoms with van der Waals surface area (Å²) >= 11 is 0. The summed E-state index contributed by atoms with van der Waals surface area (Å²) in [4.78, 5) is 0. The molecule has 1 aromatic rings. The molecule has 0 aromatic heterocycles. The first-order valence-electron chi connectivity index (χ1n) is 11.4.